The highest BCUT2D eigenvalue weighted by Crippen LogP contribution is 2.20. The van der Waals surface area contributed by atoms with Crippen LogP contribution in [0.5, 0.6) is 5.75 Å². The number of halogens is 1. The van der Waals surface area contributed by atoms with E-state index in [1.54, 1.807) is 42.5 Å². The summed E-state index contributed by atoms with van der Waals surface area (Å²) in [5.41, 5.74) is 0.130. The standard InChI is InChI=1S/C19H15BrO6/c1-11(21)24-10-12-5-6-17-13(7-12)8-16(19(23)26-17)18(22)25-15-4-2-3-14(20)9-15/h2-9,11,21H,10H2,1H3. The molecule has 134 valence electrons. The summed E-state index contributed by atoms with van der Waals surface area (Å²) in [4.78, 5) is 24.4. The van der Waals surface area contributed by atoms with Crippen LogP contribution in [0.1, 0.15) is 22.8 Å². The molecule has 2 aromatic carbocycles. The summed E-state index contributed by atoms with van der Waals surface area (Å²) in [6.45, 7) is 1.70. The lowest BCUT2D eigenvalue weighted by molar-refractivity contribution is -0.0939. The molecule has 0 saturated carbocycles. The van der Waals surface area contributed by atoms with Gasteiger partial charge in [-0.05, 0) is 48.9 Å². The summed E-state index contributed by atoms with van der Waals surface area (Å²) in [6, 6.07) is 13.2. The van der Waals surface area contributed by atoms with Crippen LogP contribution in [-0.4, -0.2) is 17.4 Å². The number of benzene rings is 2. The minimum absolute atomic E-state index is 0.185. The molecule has 6 nitrogen and oxygen atoms in total. The molecule has 0 aliphatic heterocycles. The van der Waals surface area contributed by atoms with Gasteiger partial charge in [-0.1, -0.05) is 28.1 Å². The third-order valence-corrected chi connectivity index (χ3v) is 4.01. The minimum atomic E-state index is -0.893. The van der Waals surface area contributed by atoms with E-state index in [9.17, 15) is 14.7 Å². The van der Waals surface area contributed by atoms with Gasteiger partial charge in [-0.25, -0.2) is 9.59 Å². The lowest BCUT2D eigenvalue weighted by atomic mass is 10.1. The number of carbonyl (C=O) groups is 1. The maximum atomic E-state index is 12.3. The van der Waals surface area contributed by atoms with Gasteiger partial charge >= 0.3 is 11.6 Å². The van der Waals surface area contributed by atoms with Crippen molar-refractivity contribution < 1.29 is 23.8 Å². The molecule has 0 bridgehead atoms. The quantitative estimate of drug-likeness (QED) is 0.294. The van der Waals surface area contributed by atoms with Gasteiger partial charge in [-0.2, -0.15) is 0 Å². The molecule has 1 atom stereocenters. The van der Waals surface area contributed by atoms with Gasteiger partial charge in [0.1, 0.15) is 16.9 Å². The smallest absolute Gasteiger partial charge is 0.351 e. The second-order valence-corrected chi connectivity index (χ2v) is 6.49. The van der Waals surface area contributed by atoms with Gasteiger partial charge in [-0.3, -0.25) is 0 Å². The SMILES string of the molecule is CC(O)OCc1ccc2oc(=O)c(C(=O)Oc3cccc(Br)c3)cc2c1. The monoisotopic (exact) mass is 418 g/mol. The normalized spacial score (nSPS) is 12.1. The molecule has 0 aliphatic carbocycles. The number of hydrogen-bond acceptors (Lipinski definition) is 6. The first-order chi connectivity index (χ1) is 12.4. The van der Waals surface area contributed by atoms with Gasteiger partial charge in [0.25, 0.3) is 0 Å². The number of carbonyl (C=O) groups excluding carboxylic acids is 1. The summed E-state index contributed by atoms with van der Waals surface area (Å²) in [5, 5.41) is 9.75. The van der Waals surface area contributed by atoms with Crippen molar-refractivity contribution in [3.05, 3.63) is 74.6 Å². The summed E-state index contributed by atoms with van der Waals surface area (Å²) in [7, 11) is 0. The van der Waals surface area contributed by atoms with Crippen LogP contribution in [0.25, 0.3) is 11.0 Å². The average molecular weight is 419 g/mol. The number of fused-ring (bicyclic) bond motifs is 1. The summed E-state index contributed by atoms with van der Waals surface area (Å²) in [6.07, 6.45) is -0.893. The van der Waals surface area contributed by atoms with Gasteiger partial charge in [0.05, 0.1) is 6.61 Å². The molecule has 1 aromatic heterocycles. The predicted molar refractivity (Wildman–Crippen MR) is 98.1 cm³/mol. The topological polar surface area (TPSA) is 86.0 Å². The molecule has 3 rings (SSSR count). The molecule has 1 unspecified atom stereocenters. The Morgan fingerprint density at radius 3 is 2.77 bits per heavy atom. The van der Waals surface area contributed by atoms with E-state index < -0.39 is 17.9 Å². The number of rotatable bonds is 5. The lowest BCUT2D eigenvalue weighted by Gasteiger charge is -2.08. The van der Waals surface area contributed by atoms with Gasteiger partial charge in [0.2, 0.25) is 0 Å². The Bertz CT molecular complexity index is 1010. The maximum Gasteiger partial charge on any atom is 0.351 e. The molecule has 3 aromatic rings. The van der Waals surface area contributed by atoms with E-state index in [2.05, 4.69) is 15.9 Å². The first kappa shape index (κ1) is 18.3. The molecule has 0 spiro atoms. The van der Waals surface area contributed by atoms with Crippen molar-refractivity contribution in [1.82, 2.24) is 0 Å². The number of hydrogen-bond donors (Lipinski definition) is 1. The Hall–Kier alpha value is -2.48. The Labute approximate surface area is 157 Å². The number of ether oxygens (including phenoxy) is 2. The predicted octanol–water partition coefficient (Wildman–Crippen LogP) is 3.63. The van der Waals surface area contributed by atoms with Crippen LogP contribution in [-0.2, 0) is 11.3 Å². The van der Waals surface area contributed by atoms with E-state index in [4.69, 9.17) is 13.9 Å². The largest absolute Gasteiger partial charge is 0.423 e. The second kappa shape index (κ2) is 7.82. The fourth-order valence-corrected chi connectivity index (χ4v) is 2.69. The van der Waals surface area contributed by atoms with E-state index >= 15 is 0 Å². The van der Waals surface area contributed by atoms with E-state index in [1.165, 1.54) is 13.0 Å². The lowest BCUT2D eigenvalue weighted by Crippen LogP contribution is -2.18. The van der Waals surface area contributed by atoms with Crippen molar-refractivity contribution in [1.29, 1.82) is 0 Å². The average Bonchev–Trinajstić information content (AvgIpc) is 2.59. The zero-order chi connectivity index (χ0) is 18.7. The molecule has 1 N–H and O–H groups in total. The van der Waals surface area contributed by atoms with Crippen molar-refractivity contribution >= 4 is 32.9 Å². The van der Waals surface area contributed by atoms with Crippen LogP contribution in [0.2, 0.25) is 0 Å². The van der Waals surface area contributed by atoms with Gasteiger partial charge in [0, 0.05) is 9.86 Å². The van der Waals surface area contributed by atoms with E-state index in [0.29, 0.717) is 16.7 Å². The first-order valence-corrected chi connectivity index (χ1v) is 8.56. The van der Waals surface area contributed by atoms with E-state index in [1.807, 2.05) is 0 Å². The Kier molecular flexibility index (Phi) is 5.51. The van der Waals surface area contributed by atoms with Crippen molar-refractivity contribution in [2.24, 2.45) is 0 Å². The zero-order valence-corrected chi connectivity index (χ0v) is 15.4. The van der Waals surface area contributed by atoms with Crippen LogP contribution in [0.3, 0.4) is 0 Å². The number of aliphatic hydroxyl groups is 1. The van der Waals surface area contributed by atoms with Crippen molar-refractivity contribution in [3.8, 4) is 5.75 Å². The molecule has 26 heavy (non-hydrogen) atoms. The minimum Gasteiger partial charge on any atom is -0.423 e. The van der Waals surface area contributed by atoms with Crippen LogP contribution in [0.4, 0.5) is 0 Å². The fraction of sp³-hybridized carbons (Fsp3) is 0.158. The molecule has 7 heteroatoms. The second-order valence-electron chi connectivity index (χ2n) is 5.58. The van der Waals surface area contributed by atoms with Crippen molar-refractivity contribution in [3.63, 3.8) is 0 Å². The van der Waals surface area contributed by atoms with Gasteiger partial charge < -0.3 is 19.0 Å². The molecule has 0 radical (unpaired) electrons. The van der Waals surface area contributed by atoms with Crippen molar-refractivity contribution in [2.75, 3.05) is 0 Å². The molecule has 1 heterocycles. The molecular formula is C19H15BrO6. The Morgan fingerprint density at radius 2 is 2.04 bits per heavy atom. The Balaban J connectivity index is 1.90. The highest BCUT2D eigenvalue weighted by molar-refractivity contribution is 9.10. The third-order valence-electron chi connectivity index (χ3n) is 3.51. The van der Waals surface area contributed by atoms with Gasteiger partial charge in [0.15, 0.2) is 6.29 Å². The van der Waals surface area contributed by atoms with E-state index in [0.717, 1.165) is 10.0 Å². The van der Waals surface area contributed by atoms with Crippen LogP contribution < -0.4 is 10.4 Å². The molecule has 0 amide bonds. The third kappa shape index (κ3) is 4.37. The van der Waals surface area contributed by atoms with Crippen molar-refractivity contribution in [2.45, 2.75) is 19.8 Å². The molecule has 0 saturated heterocycles. The number of esters is 1. The first-order valence-electron chi connectivity index (χ1n) is 7.76. The summed E-state index contributed by atoms with van der Waals surface area (Å²) in [5.74, 6) is -0.493. The fourth-order valence-electron chi connectivity index (χ4n) is 2.31. The summed E-state index contributed by atoms with van der Waals surface area (Å²) >= 11 is 3.29. The Morgan fingerprint density at radius 1 is 1.23 bits per heavy atom. The zero-order valence-electron chi connectivity index (χ0n) is 13.8. The number of aliphatic hydroxyl groups excluding tert-OH is 1. The molecule has 0 fully saturated rings. The van der Waals surface area contributed by atoms with E-state index in [-0.39, 0.29) is 12.2 Å². The highest BCUT2D eigenvalue weighted by Gasteiger charge is 2.16. The van der Waals surface area contributed by atoms with Crippen LogP contribution >= 0.6 is 15.9 Å². The van der Waals surface area contributed by atoms with Crippen LogP contribution in [0.15, 0.2) is 62.2 Å². The van der Waals surface area contributed by atoms with Gasteiger partial charge in [-0.15, -0.1) is 0 Å². The molecular weight excluding hydrogens is 404 g/mol. The van der Waals surface area contributed by atoms with Crippen LogP contribution in [0, 0.1) is 0 Å². The maximum absolute atomic E-state index is 12.3. The summed E-state index contributed by atoms with van der Waals surface area (Å²) < 4.78 is 16.3. The molecule has 0 aliphatic rings. The highest BCUT2D eigenvalue weighted by atomic mass is 79.9.